The van der Waals surface area contributed by atoms with Crippen molar-refractivity contribution in [3.8, 4) is 0 Å². The van der Waals surface area contributed by atoms with Gasteiger partial charge in [-0.15, -0.1) is 0 Å². The summed E-state index contributed by atoms with van der Waals surface area (Å²) in [6.45, 7) is 1.10. The molecule has 0 spiro atoms. The van der Waals surface area contributed by atoms with Crippen LogP contribution in [0.4, 0.5) is 0 Å². The average molecular weight is 505 g/mol. The summed E-state index contributed by atoms with van der Waals surface area (Å²) in [5.74, 6) is -8.04. The Bertz CT molecular complexity index is 817. The molecular weight excluding hydrogens is 474 g/mol. The van der Waals surface area contributed by atoms with Crippen molar-refractivity contribution in [1.29, 1.82) is 0 Å². The van der Waals surface area contributed by atoms with E-state index in [1.54, 1.807) is 0 Å². The van der Waals surface area contributed by atoms with E-state index in [1.165, 1.54) is 0 Å². The standard InChI is InChI=1S/C19H31N5O11/c1-8(25)15(19(34)35)24-18(33)10(3-5-12(21)26)23-17(32)11(4-7-14(29)30)22-16(31)9(20)2-6-13(27)28/h8-11,15,25H,2-7,20H2,1H3,(H2,21,26)(H,22,31)(H,23,32)(H,24,33)(H,27,28)(H,29,30)(H,34,35). The van der Waals surface area contributed by atoms with Crippen LogP contribution in [0.5, 0.6) is 0 Å². The number of carboxylic acids is 3. The third-order valence-corrected chi connectivity index (χ3v) is 4.64. The predicted molar refractivity (Wildman–Crippen MR) is 115 cm³/mol. The van der Waals surface area contributed by atoms with Crippen molar-refractivity contribution in [3.63, 3.8) is 0 Å². The van der Waals surface area contributed by atoms with Gasteiger partial charge in [-0.25, -0.2) is 4.79 Å². The quantitative estimate of drug-likeness (QED) is 0.0920. The molecule has 4 amide bonds. The van der Waals surface area contributed by atoms with Crippen molar-refractivity contribution in [3.05, 3.63) is 0 Å². The molecule has 35 heavy (non-hydrogen) atoms. The van der Waals surface area contributed by atoms with Crippen LogP contribution in [0.25, 0.3) is 0 Å². The van der Waals surface area contributed by atoms with Crippen LogP contribution < -0.4 is 27.4 Å². The molecule has 0 aliphatic carbocycles. The molecule has 5 unspecified atom stereocenters. The molecule has 16 nitrogen and oxygen atoms in total. The molecule has 0 saturated carbocycles. The highest BCUT2D eigenvalue weighted by Gasteiger charge is 2.32. The number of carboxylic acid groups (broad SMARTS) is 3. The molecule has 0 heterocycles. The van der Waals surface area contributed by atoms with Crippen molar-refractivity contribution in [2.75, 3.05) is 0 Å². The highest BCUT2D eigenvalue weighted by Crippen LogP contribution is 2.05. The van der Waals surface area contributed by atoms with Gasteiger partial charge in [-0.1, -0.05) is 0 Å². The normalized spacial score (nSPS) is 14.9. The molecule has 0 aromatic carbocycles. The van der Waals surface area contributed by atoms with Gasteiger partial charge in [0.1, 0.15) is 12.1 Å². The number of rotatable bonds is 17. The fourth-order valence-corrected chi connectivity index (χ4v) is 2.70. The first-order valence-electron chi connectivity index (χ1n) is 10.4. The molecule has 0 aromatic heterocycles. The lowest BCUT2D eigenvalue weighted by Gasteiger charge is -2.25. The number of amides is 4. The summed E-state index contributed by atoms with van der Waals surface area (Å²) in [5.41, 5.74) is 10.7. The van der Waals surface area contributed by atoms with Crippen molar-refractivity contribution >= 4 is 41.5 Å². The van der Waals surface area contributed by atoms with E-state index in [0.29, 0.717) is 0 Å². The highest BCUT2D eigenvalue weighted by atomic mass is 16.4. The molecule has 0 fully saturated rings. The van der Waals surface area contributed by atoms with E-state index in [1.807, 2.05) is 5.32 Å². The minimum Gasteiger partial charge on any atom is -0.481 e. The fourth-order valence-electron chi connectivity index (χ4n) is 2.70. The monoisotopic (exact) mass is 505 g/mol. The molecule has 0 bridgehead atoms. The Morgan fingerprint density at radius 2 is 1.14 bits per heavy atom. The summed E-state index contributed by atoms with van der Waals surface area (Å²) >= 11 is 0. The van der Waals surface area contributed by atoms with Gasteiger partial charge in [0, 0.05) is 19.3 Å². The van der Waals surface area contributed by atoms with E-state index in [0.717, 1.165) is 6.92 Å². The number of aliphatic hydroxyl groups excluding tert-OH is 1. The molecule has 0 aliphatic rings. The highest BCUT2D eigenvalue weighted by molar-refractivity contribution is 5.94. The molecule has 0 aromatic rings. The maximum Gasteiger partial charge on any atom is 0.328 e. The van der Waals surface area contributed by atoms with E-state index in [2.05, 4.69) is 10.6 Å². The smallest absolute Gasteiger partial charge is 0.328 e. The number of carbonyl (C=O) groups is 7. The Balaban J connectivity index is 5.61. The van der Waals surface area contributed by atoms with Crippen LogP contribution in [-0.2, 0) is 33.6 Å². The lowest BCUT2D eigenvalue weighted by molar-refractivity contribution is -0.145. The number of primary amides is 1. The van der Waals surface area contributed by atoms with Crippen LogP contribution in [0, 0.1) is 0 Å². The predicted octanol–water partition coefficient (Wildman–Crippen LogP) is -3.77. The second-order valence-electron chi connectivity index (χ2n) is 7.66. The van der Waals surface area contributed by atoms with Gasteiger partial charge >= 0.3 is 17.9 Å². The van der Waals surface area contributed by atoms with Crippen LogP contribution >= 0.6 is 0 Å². The molecule has 0 radical (unpaired) electrons. The summed E-state index contributed by atoms with van der Waals surface area (Å²) < 4.78 is 0. The second kappa shape index (κ2) is 15.2. The molecular formula is C19H31N5O11. The second-order valence-corrected chi connectivity index (χ2v) is 7.66. The SMILES string of the molecule is CC(O)C(NC(=O)C(CCC(N)=O)NC(=O)C(CCC(=O)O)NC(=O)C(N)CCC(=O)O)C(=O)O. The van der Waals surface area contributed by atoms with E-state index in [4.69, 9.17) is 26.8 Å². The summed E-state index contributed by atoms with van der Waals surface area (Å²) in [6, 6.07) is -6.14. The van der Waals surface area contributed by atoms with Gasteiger partial charge in [-0.2, -0.15) is 0 Å². The molecule has 198 valence electrons. The maximum absolute atomic E-state index is 12.8. The number of nitrogens with two attached hydrogens (primary N) is 2. The summed E-state index contributed by atoms with van der Waals surface area (Å²) in [4.78, 5) is 81.6. The van der Waals surface area contributed by atoms with Crippen molar-refractivity contribution in [2.24, 2.45) is 11.5 Å². The number of nitrogens with one attached hydrogen (secondary N) is 3. The van der Waals surface area contributed by atoms with Crippen LogP contribution in [0.1, 0.15) is 45.4 Å². The lowest BCUT2D eigenvalue weighted by atomic mass is 10.1. The van der Waals surface area contributed by atoms with Crippen LogP contribution in [-0.4, -0.2) is 92.2 Å². The van der Waals surface area contributed by atoms with Gasteiger partial charge in [-0.3, -0.25) is 28.8 Å². The van der Waals surface area contributed by atoms with Gasteiger partial charge in [0.15, 0.2) is 6.04 Å². The van der Waals surface area contributed by atoms with Crippen LogP contribution in [0.3, 0.4) is 0 Å². The fraction of sp³-hybridized carbons (Fsp3) is 0.632. The van der Waals surface area contributed by atoms with Gasteiger partial charge in [0.05, 0.1) is 12.1 Å². The van der Waals surface area contributed by atoms with Gasteiger partial charge < -0.3 is 47.8 Å². The third-order valence-electron chi connectivity index (χ3n) is 4.64. The van der Waals surface area contributed by atoms with Crippen molar-refractivity contribution in [1.82, 2.24) is 16.0 Å². The minimum absolute atomic E-state index is 0.270. The Labute approximate surface area is 199 Å². The molecule has 16 heteroatoms. The Morgan fingerprint density at radius 1 is 0.714 bits per heavy atom. The molecule has 5 atom stereocenters. The minimum atomic E-state index is -1.75. The number of carbonyl (C=O) groups excluding carboxylic acids is 4. The number of hydrogen-bond acceptors (Lipinski definition) is 9. The van der Waals surface area contributed by atoms with E-state index in [9.17, 15) is 38.7 Å². The molecule has 0 rings (SSSR count). The lowest BCUT2D eigenvalue weighted by Crippen LogP contribution is -2.58. The zero-order valence-electron chi connectivity index (χ0n) is 18.9. The number of aliphatic hydroxyl groups is 1. The Morgan fingerprint density at radius 3 is 1.57 bits per heavy atom. The van der Waals surface area contributed by atoms with E-state index < -0.39 is 97.5 Å². The van der Waals surface area contributed by atoms with Gasteiger partial charge in [0.25, 0.3) is 0 Å². The topological polar surface area (TPSA) is 289 Å². The molecule has 0 aliphatic heterocycles. The Kier molecular flexibility index (Phi) is 13.5. The zero-order chi connectivity index (χ0) is 27.3. The zero-order valence-corrected chi connectivity index (χ0v) is 18.9. The summed E-state index contributed by atoms with van der Waals surface area (Å²) in [6.07, 6.45) is -4.03. The summed E-state index contributed by atoms with van der Waals surface area (Å²) in [5, 5.41) is 42.7. The maximum atomic E-state index is 12.8. The van der Waals surface area contributed by atoms with Crippen molar-refractivity contribution in [2.45, 2.75) is 75.7 Å². The van der Waals surface area contributed by atoms with Gasteiger partial charge in [0.2, 0.25) is 23.6 Å². The average Bonchev–Trinajstić information content (AvgIpc) is 2.74. The van der Waals surface area contributed by atoms with Crippen molar-refractivity contribution < 1.29 is 54.0 Å². The van der Waals surface area contributed by atoms with Crippen LogP contribution in [0.15, 0.2) is 0 Å². The first-order valence-corrected chi connectivity index (χ1v) is 10.4. The first kappa shape index (κ1) is 31.2. The van der Waals surface area contributed by atoms with Gasteiger partial charge in [-0.05, 0) is 26.2 Å². The number of aliphatic carboxylic acids is 3. The summed E-state index contributed by atoms with van der Waals surface area (Å²) in [7, 11) is 0. The third kappa shape index (κ3) is 12.9. The molecule has 0 saturated heterocycles. The number of hydrogen-bond donors (Lipinski definition) is 9. The molecule has 11 N–H and O–H groups in total. The van der Waals surface area contributed by atoms with Crippen LogP contribution in [0.2, 0.25) is 0 Å². The Hall–Kier alpha value is -3.79. The first-order chi connectivity index (χ1) is 16.1. The van der Waals surface area contributed by atoms with E-state index in [-0.39, 0.29) is 12.8 Å². The van der Waals surface area contributed by atoms with E-state index >= 15 is 0 Å². The largest absolute Gasteiger partial charge is 0.481 e.